The van der Waals surface area contributed by atoms with Crippen LogP contribution in [-0.4, -0.2) is 12.2 Å². The molecule has 2 aromatic rings. The highest BCUT2D eigenvalue weighted by Gasteiger charge is 2.21. The summed E-state index contributed by atoms with van der Waals surface area (Å²) in [5.41, 5.74) is 3.96. The maximum atomic E-state index is 14.4. The molecule has 2 aromatic carbocycles. The van der Waals surface area contributed by atoms with Crippen LogP contribution in [0.15, 0.2) is 49.1 Å². The van der Waals surface area contributed by atoms with Crippen molar-refractivity contribution in [3.63, 3.8) is 0 Å². The molecule has 1 aliphatic carbocycles. The summed E-state index contributed by atoms with van der Waals surface area (Å²) in [6, 6.07) is 10.5. The number of benzene rings is 2. The molecule has 0 atom stereocenters. The Morgan fingerprint density at radius 2 is 2.09 bits per heavy atom. The lowest BCUT2D eigenvalue weighted by atomic mass is 9.85. The Morgan fingerprint density at radius 1 is 1.27 bits per heavy atom. The molecular weight excluding hydrogens is 279 g/mol. The summed E-state index contributed by atoms with van der Waals surface area (Å²) in [7, 11) is 1.54. The zero-order chi connectivity index (χ0) is 15.7. The number of aryl methyl sites for hydroxylation is 1. The molecule has 0 heterocycles. The Kier molecular flexibility index (Phi) is 3.72. The number of hydrogen-bond acceptors (Lipinski definition) is 2. The van der Waals surface area contributed by atoms with E-state index in [0.29, 0.717) is 16.9 Å². The second-order valence-corrected chi connectivity index (χ2v) is 5.29. The number of ether oxygens (including phenoxy) is 1. The molecule has 3 rings (SSSR count). The van der Waals surface area contributed by atoms with Crippen LogP contribution < -0.4 is 4.74 Å². The van der Waals surface area contributed by atoms with Crippen molar-refractivity contribution in [2.24, 2.45) is 0 Å². The summed E-state index contributed by atoms with van der Waals surface area (Å²) in [6.45, 7) is 3.56. The van der Waals surface area contributed by atoms with Crippen molar-refractivity contribution in [2.45, 2.75) is 12.8 Å². The van der Waals surface area contributed by atoms with Crippen molar-refractivity contribution in [1.82, 2.24) is 0 Å². The number of fused-ring (bicyclic) bond motifs is 1. The molecule has 2 nitrogen and oxygen atoms in total. The van der Waals surface area contributed by atoms with E-state index in [-0.39, 0.29) is 11.6 Å². The van der Waals surface area contributed by atoms with Crippen molar-refractivity contribution in [1.29, 1.82) is 0 Å². The number of aliphatic hydroxyl groups excluding tert-OH is 1. The van der Waals surface area contributed by atoms with Crippen molar-refractivity contribution >= 4 is 11.3 Å². The minimum Gasteiger partial charge on any atom is -0.508 e. The Bertz CT molecular complexity index is 775. The number of allylic oxidation sites excluding steroid dienone is 1. The van der Waals surface area contributed by atoms with Gasteiger partial charge >= 0.3 is 0 Å². The average Bonchev–Trinajstić information content (AvgIpc) is 2.53. The van der Waals surface area contributed by atoms with Gasteiger partial charge in [0, 0.05) is 5.56 Å². The molecule has 0 fully saturated rings. The molecule has 0 radical (unpaired) electrons. The zero-order valence-corrected chi connectivity index (χ0v) is 12.4. The molecule has 0 bridgehead atoms. The summed E-state index contributed by atoms with van der Waals surface area (Å²) >= 11 is 0. The molecule has 0 unspecified atom stereocenters. The van der Waals surface area contributed by atoms with Crippen LogP contribution in [0, 0.1) is 5.82 Å². The molecule has 112 valence electrons. The smallest absolute Gasteiger partial charge is 0.134 e. The highest BCUT2D eigenvalue weighted by Crippen LogP contribution is 2.38. The van der Waals surface area contributed by atoms with E-state index in [0.717, 1.165) is 29.5 Å². The average molecular weight is 296 g/mol. The van der Waals surface area contributed by atoms with Gasteiger partial charge in [-0.15, -0.1) is 0 Å². The van der Waals surface area contributed by atoms with Gasteiger partial charge in [-0.2, -0.15) is 0 Å². The normalized spacial score (nSPS) is 13.3. The summed E-state index contributed by atoms with van der Waals surface area (Å²) in [5.74, 6) is 0.201. The van der Waals surface area contributed by atoms with Gasteiger partial charge in [0.15, 0.2) is 0 Å². The molecule has 1 aliphatic rings. The molecule has 0 spiro atoms. The summed E-state index contributed by atoms with van der Waals surface area (Å²) in [5, 5.41) is 9.62. The van der Waals surface area contributed by atoms with Crippen LogP contribution in [0.3, 0.4) is 0 Å². The van der Waals surface area contributed by atoms with Crippen molar-refractivity contribution in [3.05, 3.63) is 77.1 Å². The van der Waals surface area contributed by atoms with Crippen LogP contribution >= 0.6 is 0 Å². The van der Waals surface area contributed by atoms with Crippen molar-refractivity contribution in [2.75, 3.05) is 7.11 Å². The monoisotopic (exact) mass is 296 g/mol. The van der Waals surface area contributed by atoms with Crippen molar-refractivity contribution < 1.29 is 14.2 Å². The summed E-state index contributed by atoms with van der Waals surface area (Å²) in [4.78, 5) is 0. The van der Waals surface area contributed by atoms with Crippen LogP contribution in [0.4, 0.5) is 4.39 Å². The Labute approximate surface area is 129 Å². The number of aliphatic hydroxyl groups is 1. The molecular formula is C19H17FO2. The largest absolute Gasteiger partial charge is 0.508 e. The topological polar surface area (TPSA) is 29.5 Å². The number of hydrogen-bond donors (Lipinski definition) is 1. The van der Waals surface area contributed by atoms with Gasteiger partial charge in [-0.25, -0.2) is 4.39 Å². The lowest BCUT2D eigenvalue weighted by Gasteiger charge is -2.21. The maximum absolute atomic E-state index is 14.4. The fourth-order valence-electron chi connectivity index (χ4n) is 2.88. The van der Waals surface area contributed by atoms with E-state index >= 15 is 0 Å². The predicted octanol–water partition coefficient (Wildman–Crippen LogP) is 4.74. The summed E-state index contributed by atoms with van der Waals surface area (Å²) < 4.78 is 19.7. The third kappa shape index (κ3) is 2.39. The first-order chi connectivity index (χ1) is 10.6. The van der Waals surface area contributed by atoms with Gasteiger partial charge in [-0.3, -0.25) is 0 Å². The predicted molar refractivity (Wildman–Crippen MR) is 86.5 cm³/mol. The van der Waals surface area contributed by atoms with E-state index in [9.17, 15) is 9.50 Å². The van der Waals surface area contributed by atoms with Gasteiger partial charge in [0.2, 0.25) is 0 Å². The third-order valence-corrected chi connectivity index (χ3v) is 3.96. The van der Waals surface area contributed by atoms with Gasteiger partial charge in [-0.05, 0) is 47.7 Å². The number of methoxy groups -OCH3 is 1. The van der Waals surface area contributed by atoms with Gasteiger partial charge in [-0.1, -0.05) is 30.9 Å². The van der Waals surface area contributed by atoms with Crippen LogP contribution in [0.2, 0.25) is 0 Å². The number of halogens is 1. The standard InChI is InChI=1S/C19H17FO2/c1-12(21)14-10-9-13-5-3-6-15(16(13)11-14)19-17(20)7-4-8-18(19)22-2/h4,6-11,21H,1,3,5H2,2H3. The third-order valence-electron chi connectivity index (χ3n) is 3.96. The molecule has 0 saturated carbocycles. The Hall–Kier alpha value is -2.55. The van der Waals surface area contributed by atoms with Gasteiger partial charge in [0.1, 0.15) is 17.3 Å². The molecule has 22 heavy (non-hydrogen) atoms. The minimum atomic E-state index is -0.313. The van der Waals surface area contributed by atoms with Crippen LogP contribution in [0.5, 0.6) is 5.75 Å². The zero-order valence-electron chi connectivity index (χ0n) is 12.4. The van der Waals surface area contributed by atoms with Crippen LogP contribution in [-0.2, 0) is 6.42 Å². The molecule has 0 amide bonds. The lowest BCUT2D eigenvalue weighted by molar-refractivity contribution is 0.409. The first-order valence-corrected chi connectivity index (χ1v) is 7.16. The number of rotatable bonds is 3. The van der Waals surface area contributed by atoms with Crippen molar-refractivity contribution in [3.8, 4) is 5.75 Å². The maximum Gasteiger partial charge on any atom is 0.134 e. The SMILES string of the molecule is C=C(O)c1ccc2c(c1)C(c1c(F)cccc1OC)=CCC2. The molecule has 3 heteroatoms. The fraction of sp³-hybridized carbons (Fsp3) is 0.158. The minimum absolute atomic E-state index is 0.00761. The first-order valence-electron chi connectivity index (χ1n) is 7.16. The molecule has 0 aromatic heterocycles. The van der Waals surface area contributed by atoms with Gasteiger partial charge in [0.05, 0.1) is 12.7 Å². The Balaban J connectivity index is 2.21. The quantitative estimate of drug-likeness (QED) is 0.829. The van der Waals surface area contributed by atoms with Crippen LogP contribution in [0.25, 0.3) is 11.3 Å². The fourth-order valence-corrected chi connectivity index (χ4v) is 2.88. The van der Waals surface area contributed by atoms with Gasteiger partial charge < -0.3 is 9.84 Å². The van der Waals surface area contributed by atoms with Crippen LogP contribution in [0.1, 0.15) is 28.7 Å². The van der Waals surface area contributed by atoms with E-state index in [4.69, 9.17) is 4.74 Å². The lowest BCUT2D eigenvalue weighted by Crippen LogP contribution is -2.05. The highest BCUT2D eigenvalue weighted by molar-refractivity contribution is 5.86. The van der Waals surface area contributed by atoms with E-state index in [1.165, 1.54) is 13.2 Å². The highest BCUT2D eigenvalue weighted by atomic mass is 19.1. The summed E-state index contributed by atoms with van der Waals surface area (Å²) in [6.07, 6.45) is 3.76. The van der Waals surface area contributed by atoms with E-state index in [2.05, 4.69) is 6.58 Å². The van der Waals surface area contributed by atoms with Gasteiger partial charge in [0.25, 0.3) is 0 Å². The Morgan fingerprint density at radius 3 is 2.82 bits per heavy atom. The van der Waals surface area contributed by atoms with E-state index < -0.39 is 0 Å². The second kappa shape index (κ2) is 5.68. The van der Waals surface area contributed by atoms with E-state index in [1.807, 2.05) is 24.3 Å². The second-order valence-electron chi connectivity index (χ2n) is 5.29. The van der Waals surface area contributed by atoms with E-state index in [1.54, 1.807) is 12.1 Å². The molecule has 0 aliphatic heterocycles. The molecule has 1 N–H and O–H groups in total. The first kappa shape index (κ1) is 14.4. The molecule has 0 saturated heterocycles.